The van der Waals surface area contributed by atoms with E-state index in [9.17, 15) is 0 Å². The van der Waals surface area contributed by atoms with Crippen LogP contribution < -0.4 is 5.32 Å². The number of fused-ring (bicyclic) bond motifs is 3. The Hall–Kier alpha value is -3.26. The third-order valence-corrected chi connectivity index (χ3v) is 4.90. The highest BCUT2D eigenvalue weighted by Crippen LogP contribution is 2.30. The summed E-state index contributed by atoms with van der Waals surface area (Å²) >= 11 is 0. The van der Waals surface area contributed by atoms with Crippen LogP contribution in [-0.4, -0.2) is 4.98 Å². The number of dihydropyridines is 1. The molecule has 5 rings (SSSR count). The summed E-state index contributed by atoms with van der Waals surface area (Å²) in [5, 5.41) is 5.92. The summed E-state index contributed by atoms with van der Waals surface area (Å²) in [6.07, 6.45) is 8.26. The predicted octanol–water partition coefficient (Wildman–Crippen LogP) is 5.70. The summed E-state index contributed by atoms with van der Waals surface area (Å²) < 4.78 is 0. The van der Waals surface area contributed by atoms with Gasteiger partial charge in [0.05, 0.1) is 6.04 Å². The van der Waals surface area contributed by atoms with Gasteiger partial charge >= 0.3 is 0 Å². The number of benzene rings is 3. The number of aromatic nitrogens is 1. The van der Waals surface area contributed by atoms with Crippen molar-refractivity contribution in [3.05, 3.63) is 96.7 Å². The molecule has 0 fully saturated rings. The molecule has 2 nitrogen and oxygen atoms in total. The molecule has 0 spiro atoms. The summed E-state index contributed by atoms with van der Waals surface area (Å²) in [4.78, 5) is 3.49. The maximum Gasteiger partial charge on any atom is 0.0695 e. The third kappa shape index (κ3) is 2.43. The van der Waals surface area contributed by atoms with Crippen LogP contribution in [0.5, 0.6) is 0 Å². The lowest BCUT2D eigenvalue weighted by Crippen LogP contribution is -2.14. The summed E-state index contributed by atoms with van der Waals surface area (Å²) in [6, 6.07) is 24.2. The summed E-state index contributed by atoms with van der Waals surface area (Å²) in [5.74, 6) is 0. The van der Waals surface area contributed by atoms with Gasteiger partial charge in [-0.15, -0.1) is 0 Å². The SMILES string of the molecule is C1=CNC(c2ccc(-c3ccc4[nH]c5ccccc5c4c3)cc2)C=C1. The first-order valence-corrected chi connectivity index (χ1v) is 8.59. The average molecular weight is 322 g/mol. The van der Waals surface area contributed by atoms with Gasteiger partial charge in [0.2, 0.25) is 0 Å². The van der Waals surface area contributed by atoms with Crippen molar-refractivity contribution in [3.8, 4) is 11.1 Å². The van der Waals surface area contributed by atoms with Gasteiger partial charge in [-0.05, 0) is 47.2 Å². The fraction of sp³-hybridized carbons (Fsp3) is 0.0435. The van der Waals surface area contributed by atoms with Crippen molar-refractivity contribution >= 4 is 21.8 Å². The number of hydrogen-bond donors (Lipinski definition) is 2. The van der Waals surface area contributed by atoms with Crippen molar-refractivity contribution in [2.75, 3.05) is 0 Å². The molecule has 0 aliphatic carbocycles. The second kappa shape index (κ2) is 5.67. The molecule has 1 aliphatic rings. The lowest BCUT2D eigenvalue weighted by Gasteiger charge is -2.16. The molecule has 1 unspecified atom stereocenters. The molecular weight excluding hydrogens is 304 g/mol. The second-order valence-electron chi connectivity index (χ2n) is 6.44. The molecule has 2 heterocycles. The van der Waals surface area contributed by atoms with E-state index in [0.29, 0.717) is 0 Å². The summed E-state index contributed by atoms with van der Waals surface area (Å²) in [6.45, 7) is 0. The maximum absolute atomic E-state index is 3.49. The number of aromatic amines is 1. The van der Waals surface area contributed by atoms with E-state index >= 15 is 0 Å². The highest BCUT2D eigenvalue weighted by Gasteiger charge is 2.09. The number of allylic oxidation sites excluding steroid dienone is 2. The predicted molar refractivity (Wildman–Crippen MR) is 105 cm³/mol. The minimum absolute atomic E-state index is 0.259. The Balaban J connectivity index is 1.55. The molecule has 25 heavy (non-hydrogen) atoms. The van der Waals surface area contributed by atoms with E-state index in [4.69, 9.17) is 0 Å². The number of nitrogens with one attached hydrogen (secondary N) is 2. The normalized spacial score (nSPS) is 16.4. The van der Waals surface area contributed by atoms with Gasteiger partial charge in [0.15, 0.2) is 0 Å². The molecule has 120 valence electrons. The molecule has 4 aromatic rings. The minimum Gasteiger partial charge on any atom is -0.381 e. The van der Waals surface area contributed by atoms with Crippen molar-refractivity contribution in [1.82, 2.24) is 10.3 Å². The Morgan fingerprint density at radius 2 is 1.48 bits per heavy atom. The van der Waals surface area contributed by atoms with Gasteiger partial charge in [-0.1, -0.05) is 60.7 Å². The van der Waals surface area contributed by atoms with E-state index in [1.165, 1.54) is 38.5 Å². The smallest absolute Gasteiger partial charge is 0.0695 e. The molecule has 0 bridgehead atoms. The topological polar surface area (TPSA) is 27.8 Å². The summed E-state index contributed by atoms with van der Waals surface area (Å²) in [7, 11) is 0. The van der Waals surface area contributed by atoms with E-state index in [2.05, 4.69) is 89.2 Å². The zero-order valence-corrected chi connectivity index (χ0v) is 13.7. The van der Waals surface area contributed by atoms with Crippen LogP contribution in [0.2, 0.25) is 0 Å². The van der Waals surface area contributed by atoms with E-state index in [0.717, 1.165) is 0 Å². The lowest BCUT2D eigenvalue weighted by atomic mass is 9.98. The van der Waals surface area contributed by atoms with Crippen molar-refractivity contribution in [2.24, 2.45) is 0 Å². The van der Waals surface area contributed by atoms with E-state index < -0.39 is 0 Å². The van der Waals surface area contributed by atoms with Gasteiger partial charge in [0.1, 0.15) is 0 Å². The quantitative estimate of drug-likeness (QED) is 0.486. The molecule has 1 aliphatic heterocycles. The van der Waals surface area contributed by atoms with Gasteiger partial charge in [-0.2, -0.15) is 0 Å². The molecular formula is C23H18N2. The van der Waals surface area contributed by atoms with Gasteiger partial charge in [0.25, 0.3) is 0 Å². The second-order valence-corrected chi connectivity index (χ2v) is 6.44. The molecule has 2 heteroatoms. The molecule has 2 N–H and O–H groups in total. The Bertz CT molecular complexity index is 1110. The molecule has 0 radical (unpaired) electrons. The first-order chi connectivity index (χ1) is 12.4. The van der Waals surface area contributed by atoms with E-state index in [1.54, 1.807) is 0 Å². The van der Waals surface area contributed by atoms with Crippen LogP contribution >= 0.6 is 0 Å². The van der Waals surface area contributed by atoms with Gasteiger partial charge in [-0.25, -0.2) is 0 Å². The van der Waals surface area contributed by atoms with Gasteiger partial charge in [0, 0.05) is 21.8 Å². The van der Waals surface area contributed by atoms with E-state index in [1.807, 2.05) is 12.3 Å². The zero-order chi connectivity index (χ0) is 16.6. The van der Waals surface area contributed by atoms with Crippen LogP contribution in [0, 0.1) is 0 Å². The largest absolute Gasteiger partial charge is 0.381 e. The van der Waals surface area contributed by atoms with Gasteiger partial charge < -0.3 is 10.3 Å². The lowest BCUT2D eigenvalue weighted by molar-refractivity contribution is 0.746. The zero-order valence-electron chi connectivity index (χ0n) is 13.7. The van der Waals surface area contributed by atoms with Crippen molar-refractivity contribution in [2.45, 2.75) is 6.04 Å². The minimum atomic E-state index is 0.259. The van der Waals surface area contributed by atoms with Crippen molar-refractivity contribution in [1.29, 1.82) is 0 Å². The Morgan fingerprint density at radius 1 is 0.680 bits per heavy atom. The Labute approximate surface area is 146 Å². The molecule has 1 atom stereocenters. The summed E-state index contributed by atoms with van der Waals surface area (Å²) in [5.41, 5.74) is 6.14. The van der Waals surface area contributed by atoms with Crippen LogP contribution in [0.25, 0.3) is 32.9 Å². The Kier molecular flexibility index (Phi) is 3.20. The van der Waals surface area contributed by atoms with Crippen LogP contribution in [-0.2, 0) is 0 Å². The fourth-order valence-corrected chi connectivity index (χ4v) is 3.56. The molecule has 0 saturated carbocycles. The molecule has 0 saturated heterocycles. The van der Waals surface area contributed by atoms with Crippen molar-refractivity contribution < 1.29 is 0 Å². The Morgan fingerprint density at radius 3 is 2.32 bits per heavy atom. The highest BCUT2D eigenvalue weighted by atomic mass is 14.9. The first-order valence-electron chi connectivity index (χ1n) is 8.59. The maximum atomic E-state index is 3.49. The third-order valence-electron chi connectivity index (χ3n) is 4.90. The molecule has 1 aromatic heterocycles. The van der Waals surface area contributed by atoms with Crippen LogP contribution in [0.3, 0.4) is 0 Å². The average Bonchev–Trinajstić information content (AvgIpc) is 3.07. The number of H-pyrrole nitrogens is 1. The first kappa shape index (κ1) is 14.1. The van der Waals surface area contributed by atoms with Crippen LogP contribution in [0.1, 0.15) is 11.6 Å². The fourth-order valence-electron chi connectivity index (χ4n) is 3.56. The van der Waals surface area contributed by atoms with Crippen molar-refractivity contribution in [3.63, 3.8) is 0 Å². The highest BCUT2D eigenvalue weighted by molar-refractivity contribution is 6.08. The number of hydrogen-bond acceptors (Lipinski definition) is 1. The number of rotatable bonds is 2. The monoisotopic (exact) mass is 322 g/mol. The van der Waals surface area contributed by atoms with Crippen LogP contribution in [0.15, 0.2) is 91.2 Å². The van der Waals surface area contributed by atoms with Gasteiger partial charge in [-0.3, -0.25) is 0 Å². The van der Waals surface area contributed by atoms with Crippen LogP contribution in [0.4, 0.5) is 0 Å². The van der Waals surface area contributed by atoms with E-state index in [-0.39, 0.29) is 6.04 Å². The molecule has 0 amide bonds. The standard InChI is InChI=1S/C23H18N2/c1-2-7-22-19(5-1)20-15-18(12-13-23(20)25-22)16-8-10-17(11-9-16)21-6-3-4-14-24-21/h1-15,21,24-25H. The molecule has 3 aromatic carbocycles. The number of para-hydroxylation sites is 1.